The molecule has 28 heavy (non-hydrogen) atoms. The van der Waals surface area contributed by atoms with Gasteiger partial charge in [-0.25, -0.2) is 0 Å². The number of hydrogen-bond acceptors (Lipinski definition) is 0. The average molecular weight is 413 g/mol. The molecular formula is C26H44Si2. The Kier molecular flexibility index (Phi) is 6.33. The van der Waals surface area contributed by atoms with Gasteiger partial charge in [0, 0.05) is 16.6 Å². The van der Waals surface area contributed by atoms with E-state index in [1.165, 1.54) is 24.0 Å². The van der Waals surface area contributed by atoms with Gasteiger partial charge in [-0.15, -0.1) is 11.1 Å². The van der Waals surface area contributed by atoms with Gasteiger partial charge >= 0.3 is 0 Å². The Morgan fingerprint density at radius 2 is 1.32 bits per heavy atom. The monoisotopic (exact) mass is 412 g/mol. The molecule has 2 bridgehead atoms. The van der Waals surface area contributed by atoms with Gasteiger partial charge in [0.1, 0.15) is 16.1 Å². The molecular weight excluding hydrogens is 368 g/mol. The van der Waals surface area contributed by atoms with E-state index in [0.717, 1.165) is 0 Å². The largest absolute Gasteiger partial charge is 0.146 e. The van der Waals surface area contributed by atoms with E-state index >= 15 is 0 Å². The highest BCUT2D eigenvalue weighted by Gasteiger charge is 2.60. The maximum Gasteiger partial charge on any atom is 0.146 e. The minimum absolute atomic E-state index is 0.200. The van der Waals surface area contributed by atoms with Gasteiger partial charge in [-0.1, -0.05) is 93.8 Å². The Morgan fingerprint density at radius 3 is 1.75 bits per heavy atom. The number of fused-ring (bicyclic) bond motifs is 2. The fourth-order valence-electron chi connectivity index (χ4n) is 6.14. The molecule has 0 heterocycles. The van der Waals surface area contributed by atoms with E-state index in [1.54, 1.807) is 0 Å². The van der Waals surface area contributed by atoms with E-state index in [-0.39, 0.29) is 10.8 Å². The van der Waals surface area contributed by atoms with Crippen LogP contribution in [-0.4, -0.2) is 16.1 Å². The van der Waals surface area contributed by atoms with Crippen molar-refractivity contribution in [1.82, 2.24) is 0 Å². The van der Waals surface area contributed by atoms with Crippen LogP contribution < -0.4 is 0 Å². The van der Waals surface area contributed by atoms with Gasteiger partial charge in [-0.05, 0) is 40.8 Å². The number of hydrogen-bond donors (Lipinski definition) is 0. The van der Waals surface area contributed by atoms with E-state index in [0.29, 0.717) is 22.5 Å². The maximum absolute atomic E-state index is 4.02. The molecule has 0 aromatic carbocycles. The zero-order valence-electron chi connectivity index (χ0n) is 20.7. The number of allylic oxidation sites excluding steroid dienone is 2. The quantitative estimate of drug-likeness (QED) is 0.327. The molecule has 2 aliphatic rings. The summed E-state index contributed by atoms with van der Waals surface area (Å²) in [6, 6.07) is 0. The van der Waals surface area contributed by atoms with Crippen LogP contribution in [0.4, 0.5) is 0 Å². The van der Waals surface area contributed by atoms with Crippen LogP contribution in [0.25, 0.3) is 0 Å². The molecule has 2 heteroatoms. The van der Waals surface area contributed by atoms with Crippen LogP contribution in [0.1, 0.15) is 75.2 Å². The molecule has 0 unspecified atom stereocenters. The van der Waals surface area contributed by atoms with E-state index in [9.17, 15) is 0 Å². The second-order valence-electron chi connectivity index (χ2n) is 12.1. The van der Waals surface area contributed by atoms with Crippen LogP contribution in [0.15, 0.2) is 11.1 Å². The molecule has 1 fully saturated rings. The first-order valence-electron chi connectivity index (χ1n) is 11.4. The van der Waals surface area contributed by atoms with Gasteiger partial charge in [0.25, 0.3) is 0 Å². The zero-order chi connectivity index (χ0) is 21.7. The number of rotatable bonds is 3. The first-order valence-corrected chi connectivity index (χ1v) is 17.2. The van der Waals surface area contributed by atoms with Crippen molar-refractivity contribution in [3.8, 4) is 22.9 Å². The lowest BCUT2D eigenvalue weighted by Crippen LogP contribution is -2.43. The highest BCUT2D eigenvalue weighted by molar-refractivity contribution is 6.90. The Hall–Kier alpha value is -0.706. The topological polar surface area (TPSA) is 0 Å². The minimum atomic E-state index is -1.72. The Labute approximate surface area is 178 Å². The molecule has 0 aliphatic heterocycles. The summed E-state index contributed by atoms with van der Waals surface area (Å²) in [6.07, 6.45) is 2.55. The second kappa shape index (κ2) is 7.52. The molecule has 0 saturated heterocycles. The summed E-state index contributed by atoms with van der Waals surface area (Å²) in [7, 11) is -3.13. The predicted octanol–water partition coefficient (Wildman–Crippen LogP) is 7.84. The van der Waals surface area contributed by atoms with Crippen LogP contribution >= 0.6 is 0 Å². The summed E-state index contributed by atoms with van der Waals surface area (Å²) in [5.41, 5.74) is 13.0. The summed E-state index contributed by atoms with van der Waals surface area (Å²) in [6.45, 7) is 28.9. The summed E-state index contributed by atoms with van der Waals surface area (Å²) >= 11 is 0. The first kappa shape index (κ1) is 23.6. The predicted molar refractivity (Wildman–Crippen MR) is 132 cm³/mol. The van der Waals surface area contributed by atoms with Crippen LogP contribution in [0.5, 0.6) is 0 Å². The summed E-state index contributed by atoms with van der Waals surface area (Å²) < 4.78 is 0. The normalized spacial score (nSPS) is 26.6. The van der Waals surface area contributed by atoms with Crippen molar-refractivity contribution in [2.75, 3.05) is 0 Å². The van der Waals surface area contributed by atoms with Gasteiger partial charge < -0.3 is 0 Å². The molecule has 0 aromatic heterocycles. The maximum atomic E-state index is 4.02. The van der Waals surface area contributed by atoms with Gasteiger partial charge in [0.05, 0.1) is 0 Å². The smallest absolute Gasteiger partial charge is 0.127 e. The fraction of sp³-hybridized carbons (Fsp3) is 0.769. The Morgan fingerprint density at radius 1 is 0.821 bits per heavy atom. The van der Waals surface area contributed by atoms with Crippen LogP contribution in [0.2, 0.25) is 36.3 Å². The molecule has 0 radical (unpaired) electrons. The highest BCUT2D eigenvalue weighted by atomic mass is 28.3. The van der Waals surface area contributed by atoms with Gasteiger partial charge in [0.15, 0.2) is 0 Å². The molecule has 2 atom stereocenters. The summed E-state index contributed by atoms with van der Waals surface area (Å²) in [5, 5.41) is 0. The van der Waals surface area contributed by atoms with Crippen molar-refractivity contribution < 1.29 is 0 Å². The lowest BCUT2D eigenvalue weighted by Gasteiger charge is -2.38. The second-order valence-corrected chi connectivity index (χ2v) is 22.4. The van der Waals surface area contributed by atoms with Crippen molar-refractivity contribution in [2.24, 2.45) is 16.7 Å². The first-order chi connectivity index (χ1) is 12.6. The van der Waals surface area contributed by atoms with Crippen molar-refractivity contribution >= 4 is 16.1 Å². The standard InChI is InChI=1S/C26H44Si2/c1-19(2)28(20(3)4,21(5)6)18-14-22-23-13-16-26(9,25(23,7)8)24(22)15-17-27(10,11)12/h19-21,23H,13,16H2,1-12H3/t23-,26+/m1/s1. The highest BCUT2D eigenvalue weighted by Crippen LogP contribution is 2.67. The van der Waals surface area contributed by atoms with E-state index in [2.05, 4.69) is 105 Å². The minimum Gasteiger partial charge on any atom is -0.127 e. The van der Waals surface area contributed by atoms with Crippen LogP contribution in [0.3, 0.4) is 0 Å². The molecule has 2 aliphatic carbocycles. The van der Waals surface area contributed by atoms with Crippen LogP contribution in [-0.2, 0) is 0 Å². The zero-order valence-corrected chi connectivity index (χ0v) is 22.7. The van der Waals surface area contributed by atoms with Gasteiger partial charge in [0.2, 0.25) is 0 Å². The van der Waals surface area contributed by atoms with E-state index < -0.39 is 16.1 Å². The molecule has 0 spiro atoms. The SMILES string of the molecule is CC(C)[Si](C#CC1=C(C#C[Si](C)(C)C)[C@]2(C)CC[C@H]1C2(C)C)(C(C)C)C(C)C. The van der Waals surface area contributed by atoms with Crippen molar-refractivity contribution in [2.45, 2.75) is 111 Å². The summed E-state index contributed by atoms with van der Waals surface area (Å²) in [4.78, 5) is 0. The van der Waals surface area contributed by atoms with Gasteiger partial charge in [-0.3, -0.25) is 0 Å². The lowest BCUT2D eigenvalue weighted by atomic mass is 9.68. The third-order valence-corrected chi connectivity index (χ3v) is 15.4. The van der Waals surface area contributed by atoms with Crippen molar-refractivity contribution in [1.29, 1.82) is 0 Å². The Balaban J connectivity index is 2.70. The average Bonchev–Trinajstić information content (AvgIpc) is 2.83. The molecule has 0 nitrogen and oxygen atoms in total. The summed E-state index contributed by atoms with van der Waals surface area (Å²) in [5.74, 6) is 8.19. The van der Waals surface area contributed by atoms with Crippen molar-refractivity contribution in [3.63, 3.8) is 0 Å². The fourth-order valence-corrected chi connectivity index (χ4v) is 11.9. The van der Waals surface area contributed by atoms with Gasteiger partial charge in [-0.2, -0.15) is 0 Å². The molecule has 0 aromatic rings. The third kappa shape index (κ3) is 3.61. The molecule has 1 saturated carbocycles. The molecule has 0 N–H and O–H groups in total. The van der Waals surface area contributed by atoms with E-state index in [1.807, 2.05) is 0 Å². The molecule has 2 rings (SSSR count). The Bertz CT molecular complexity index is 743. The third-order valence-electron chi connectivity index (χ3n) is 8.24. The molecule has 0 amide bonds. The van der Waals surface area contributed by atoms with E-state index in [4.69, 9.17) is 0 Å². The lowest BCUT2D eigenvalue weighted by molar-refractivity contribution is 0.174. The molecule has 156 valence electrons. The van der Waals surface area contributed by atoms with Crippen molar-refractivity contribution in [3.05, 3.63) is 11.1 Å². The van der Waals surface area contributed by atoms with Crippen LogP contribution in [0, 0.1) is 39.7 Å².